The van der Waals surface area contributed by atoms with Crippen LogP contribution in [0, 0.1) is 0 Å². The van der Waals surface area contributed by atoms with Crippen molar-refractivity contribution in [2.75, 3.05) is 13.2 Å². The number of aliphatic carboxylic acids is 2. The van der Waals surface area contributed by atoms with Crippen LogP contribution in [0.5, 0.6) is 23.0 Å². The summed E-state index contributed by atoms with van der Waals surface area (Å²) in [4.78, 5) is 40.3. The van der Waals surface area contributed by atoms with E-state index in [1.807, 2.05) is 0 Å². The summed E-state index contributed by atoms with van der Waals surface area (Å²) in [6.45, 7) is 0.809. The van der Waals surface area contributed by atoms with Crippen LogP contribution >= 0.6 is 0 Å². The molecule has 0 spiro atoms. The van der Waals surface area contributed by atoms with Crippen LogP contribution in [0.25, 0.3) is 0 Å². The van der Waals surface area contributed by atoms with E-state index < -0.39 is 18.4 Å². The number of hydrogen-bond donors (Lipinski definition) is 4. The van der Waals surface area contributed by atoms with Crippen LogP contribution in [0.2, 0.25) is 0 Å². The first-order valence-electron chi connectivity index (χ1n) is 9.52. The van der Waals surface area contributed by atoms with E-state index in [4.69, 9.17) is 19.7 Å². The second-order valence-corrected chi connectivity index (χ2v) is 6.41. The molecule has 10 nitrogen and oxygen atoms in total. The summed E-state index contributed by atoms with van der Waals surface area (Å²) < 4.78 is 10.9. The number of hydrogen-bond acceptors (Lipinski definition) is 8. The SMILES string of the molecule is O=C(O)CC(=O)O.O=Cc1ccc(O)c(OCCCCCOc2cc(C=O)ccc2O)c1. The Balaban J connectivity index is 0.000000633. The zero-order valence-corrected chi connectivity index (χ0v) is 17.1. The number of aldehydes is 2. The summed E-state index contributed by atoms with van der Waals surface area (Å²) in [5, 5.41) is 34.7. The number of carboxylic acids is 2. The summed E-state index contributed by atoms with van der Waals surface area (Å²) in [6.07, 6.45) is 2.89. The van der Waals surface area contributed by atoms with Gasteiger partial charge in [-0.3, -0.25) is 19.2 Å². The summed E-state index contributed by atoms with van der Waals surface area (Å²) in [5.41, 5.74) is 0.886. The lowest BCUT2D eigenvalue weighted by Gasteiger charge is -2.10. The predicted molar refractivity (Wildman–Crippen MR) is 112 cm³/mol. The third-order valence-electron chi connectivity index (χ3n) is 3.85. The van der Waals surface area contributed by atoms with Crippen molar-refractivity contribution in [1.82, 2.24) is 0 Å². The number of carboxylic acid groups (broad SMARTS) is 2. The van der Waals surface area contributed by atoms with E-state index in [1.165, 1.54) is 36.4 Å². The summed E-state index contributed by atoms with van der Waals surface area (Å²) in [5.74, 6) is -2.05. The molecule has 172 valence electrons. The number of ether oxygens (including phenoxy) is 2. The first-order valence-corrected chi connectivity index (χ1v) is 9.52. The molecule has 4 N–H and O–H groups in total. The fourth-order valence-corrected chi connectivity index (χ4v) is 2.31. The number of phenolic OH excluding ortho intramolecular Hbond substituents is 2. The van der Waals surface area contributed by atoms with Crippen molar-refractivity contribution in [3.8, 4) is 23.0 Å². The normalized spacial score (nSPS) is 9.75. The third kappa shape index (κ3) is 10.1. The second-order valence-electron chi connectivity index (χ2n) is 6.41. The van der Waals surface area contributed by atoms with Gasteiger partial charge in [-0.05, 0) is 55.7 Å². The summed E-state index contributed by atoms with van der Waals surface area (Å²) in [7, 11) is 0. The summed E-state index contributed by atoms with van der Waals surface area (Å²) >= 11 is 0. The Morgan fingerprint density at radius 1 is 0.719 bits per heavy atom. The molecule has 0 aliphatic rings. The largest absolute Gasteiger partial charge is 0.504 e. The molecule has 0 saturated carbocycles. The molecule has 0 bridgehead atoms. The van der Waals surface area contributed by atoms with E-state index in [1.54, 1.807) is 0 Å². The summed E-state index contributed by atoms with van der Waals surface area (Å²) in [6, 6.07) is 8.87. The maximum absolute atomic E-state index is 10.7. The van der Waals surface area contributed by atoms with Crippen molar-refractivity contribution in [2.24, 2.45) is 0 Å². The first-order chi connectivity index (χ1) is 15.3. The molecule has 0 saturated heterocycles. The van der Waals surface area contributed by atoms with Gasteiger partial charge in [-0.1, -0.05) is 0 Å². The second kappa shape index (κ2) is 14.0. The fraction of sp³-hybridized carbons (Fsp3) is 0.273. The Bertz CT molecular complexity index is 849. The van der Waals surface area contributed by atoms with Crippen molar-refractivity contribution in [3.63, 3.8) is 0 Å². The molecule has 2 aromatic rings. The van der Waals surface area contributed by atoms with Gasteiger partial charge >= 0.3 is 11.9 Å². The highest BCUT2D eigenvalue weighted by Crippen LogP contribution is 2.27. The van der Waals surface area contributed by atoms with Crippen LogP contribution in [0.1, 0.15) is 46.4 Å². The monoisotopic (exact) mass is 448 g/mol. The van der Waals surface area contributed by atoms with Gasteiger partial charge in [0.15, 0.2) is 23.0 Å². The van der Waals surface area contributed by atoms with Crippen LogP contribution < -0.4 is 9.47 Å². The average molecular weight is 448 g/mol. The fourth-order valence-electron chi connectivity index (χ4n) is 2.31. The molecule has 0 aliphatic carbocycles. The highest BCUT2D eigenvalue weighted by atomic mass is 16.5. The Labute approximate surface area is 183 Å². The number of carbonyl (C=O) groups is 4. The third-order valence-corrected chi connectivity index (χ3v) is 3.85. The lowest BCUT2D eigenvalue weighted by molar-refractivity contribution is -0.147. The average Bonchev–Trinajstić information content (AvgIpc) is 2.74. The Morgan fingerprint density at radius 3 is 1.44 bits per heavy atom. The van der Waals surface area contributed by atoms with Crippen LogP contribution in [0.3, 0.4) is 0 Å². The van der Waals surface area contributed by atoms with Crippen molar-refractivity contribution >= 4 is 24.5 Å². The molecule has 10 heteroatoms. The van der Waals surface area contributed by atoms with Gasteiger partial charge in [0.1, 0.15) is 19.0 Å². The number of unbranched alkanes of at least 4 members (excludes halogenated alkanes) is 2. The molecular formula is C22H24O10. The molecule has 0 amide bonds. The minimum atomic E-state index is -1.31. The number of benzene rings is 2. The molecule has 0 unspecified atom stereocenters. The minimum Gasteiger partial charge on any atom is -0.504 e. The van der Waals surface area contributed by atoms with Crippen LogP contribution in [0.15, 0.2) is 36.4 Å². The number of aromatic hydroxyl groups is 2. The van der Waals surface area contributed by atoms with E-state index >= 15 is 0 Å². The number of rotatable bonds is 12. The molecule has 0 aromatic heterocycles. The van der Waals surface area contributed by atoms with E-state index in [-0.39, 0.29) is 23.0 Å². The van der Waals surface area contributed by atoms with E-state index in [2.05, 4.69) is 0 Å². The van der Waals surface area contributed by atoms with E-state index in [0.29, 0.717) is 36.9 Å². The van der Waals surface area contributed by atoms with E-state index in [0.717, 1.165) is 19.3 Å². The first kappa shape index (κ1) is 26.0. The zero-order valence-electron chi connectivity index (χ0n) is 17.1. The molecule has 0 aliphatic heterocycles. The Kier molecular flexibility index (Phi) is 11.4. The van der Waals surface area contributed by atoms with Crippen molar-refractivity contribution in [2.45, 2.75) is 25.7 Å². The van der Waals surface area contributed by atoms with Crippen LogP contribution in [-0.2, 0) is 9.59 Å². The lowest BCUT2D eigenvalue weighted by Crippen LogP contribution is -2.03. The quantitative estimate of drug-likeness (QED) is 0.215. The number of carbonyl (C=O) groups excluding carboxylic acids is 2. The van der Waals surface area contributed by atoms with Gasteiger partial charge in [0.05, 0.1) is 13.2 Å². The standard InChI is InChI=1S/C19H20O6.C3H4O4/c20-12-14-4-6-16(22)18(10-14)24-8-2-1-3-9-25-19-11-15(13-21)5-7-17(19)23;4-2(5)1-3(6)7/h4-7,10-13,22-23H,1-3,8-9H2;1H2,(H,4,5)(H,6,7). The van der Waals surface area contributed by atoms with Gasteiger partial charge in [-0.2, -0.15) is 0 Å². The van der Waals surface area contributed by atoms with Crippen LogP contribution in [0.4, 0.5) is 0 Å². The zero-order chi connectivity index (χ0) is 23.9. The molecular weight excluding hydrogens is 424 g/mol. The highest BCUT2D eigenvalue weighted by Gasteiger charge is 2.05. The van der Waals surface area contributed by atoms with E-state index in [9.17, 15) is 29.4 Å². The Hall–Kier alpha value is -4.08. The van der Waals surface area contributed by atoms with Gasteiger partial charge in [0.2, 0.25) is 0 Å². The molecule has 0 heterocycles. The molecule has 0 fully saturated rings. The maximum atomic E-state index is 10.7. The van der Waals surface area contributed by atoms with Gasteiger partial charge in [0, 0.05) is 11.1 Å². The molecule has 2 aromatic carbocycles. The molecule has 2 rings (SSSR count). The molecule has 32 heavy (non-hydrogen) atoms. The Morgan fingerprint density at radius 2 is 1.12 bits per heavy atom. The van der Waals surface area contributed by atoms with Gasteiger partial charge < -0.3 is 29.9 Å². The van der Waals surface area contributed by atoms with Gasteiger partial charge in [0.25, 0.3) is 0 Å². The topological polar surface area (TPSA) is 168 Å². The molecule has 0 atom stereocenters. The van der Waals surface area contributed by atoms with Gasteiger partial charge in [-0.15, -0.1) is 0 Å². The lowest BCUT2D eigenvalue weighted by atomic mass is 10.2. The van der Waals surface area contributed by atoms with Gasteiger partial charge in [-0.25, -0.2) is 0 Å². The molecule has 0 radical (unpaired) electrons. The van der Waals surface area contributed by atoms with Crippen molar-refractivity contribution < 1.29 is 49.1 Å². The predicted octanol–water partition coefficient (Wildman–Crippen LogP) is 2.90. The van der Waals surface area contributed by atoms with Crippen LogP contribution in [-0.4, -0.2) is 58.2 Å². The number of phenols is 2. The minimum absolute atomic E-state index is 0.000492. The van der Waals surface area contributed by atoms with Crippen molar-refractivity contribution in [1.29, 1.82) is 0 Å². The smallest absolute Gasteiger partial charge is 0.314 e. The van der Waals surface area contributed by atoms with Crippen molar-refractivity contribution in [3.05, 3.63) is 47.5 Å². The highest BCUT2D eigenvalue weighted by molar-refractivity contribution is 5.88. The maximum Gasteiger partial charge on any atom is 0.314 e.